The first-order valence-corrected chi connectivity index (χ1v) is 7.50. The van der Waals surface area contributed by atoms with E-state index in [1.807, 2.05) is 18.2 Å². The summed E-state index contributed by atoms with van der Waals surface area (Å²) in [6.07, 6.45) is 0. The summed E-state index contributed by atoms with van der Waals surface area (Å²) in [5.74, 6) is 0.291. The number of nitro groups is 1. The largest absolute Gasteiger partial charge is 0.481 e. The molecule has 7 heteroatoms. The second kappa shape index (κ2) is 6.83. The molecular weight excluding hydrogens is 344 g/mol. The van der Waals surface area contributed by atoms with Crippen molar-refractivity contribution in [2.45, 2.75) is 13.2 Å². The first kappa shape index (κ1) is 15.0. The molecule has 5 nitrogen and oxygen atoms in total. The number of nitro benzene ring substituents is 1. The van der Waals surface area contributed by atoms with E-state index < -0.39 is 4.92 Å². The number of nitrogens with one attached hydrogen (secondary N) is 1. The zero-order valence-corrected chi connectivity index (χ0v) is 13.2. The van der Waals surface area contributed by atoms with Gasteiger partial charge < -0.3 is 10.1 Å². The van der Waals surface area contributed by atoms with Crippen molar-refractivity contribution in [1.82, 2.24) is 5.32 Å². The van der Waals surface area contributed by atoms with Crippen molar-refractivity contribution in [3.05, 3.63) is 54.7 Å². The average Bonchev–Trinajstić information content (AvgIpc) is 2.83. The molecule has 1 aromatic carbocycles. The van der Waals surface area contributed by atoms with Crippen LogP contribution in [0.3, 0.4) is 0 Å². The van der Waals surface area contributed by atoms with Crippen LogP contribution in [0.15, 0.2) is 34.1 Å². The van der Waals surface area contributed by atoms with E-state index in [9.17, 15) is 10.1 Å². The zero-order valence-electron chi connectivity index (χ0n) is 10.8. The Balaban J connectivity index is 2.15. The van der Waals surface area contributed by atoms with E-state index in [2.05, 4.69) is 21.2 Å². The summed E-state index contributed by atoms with van der Waals surface area (Å²) in [6.45, 7) is 0.904. The molecule has 2 rings (SSSR count). The fourth-order valence-corrected chi connectivity index (χ4v) is 3.12. The highest BCUT2D eigenvalue weighted by molar-refractivity contribution is 9.11. The Bertz CT molecular complexity index is 615. The van der Waals surface area contributed by atoms with Crippen LogP contribution in [-0.2, 0) is 13.2 Å². The number of thiophene rings is 1. The van der Waals surface area contributed by atoms with Crippen LogP contribution < -0.4 is 10.1 Å². The molecule has 0 amide bonds. The number of halogens is 1. The molecular formula is C13H13BrN2O3S. The molecule has 0 saturated heterocycles. The molecule has 0 atom stereocenters. The molecule has 0 fully saturated rings. The second-order valence-corrected chi connectivity index (χ2v) is 6.63. The van der Waals surface area contributed by atoms with Gasteiger partial charge >= 0.3 is 5.69 Å². The lowest BCUT2D eigenvalue weighted by Gasteiger charge is -2.07. The van der Waals surface area contributed by atoms with Crippen molar-refractivity contribution >= 4 is 33.0 Å². The maximum Gasteiger partial charge on any atom is 0.311 e. The lowest BCUT2D eigenvalue weighted by atomic mass is 10.2. The number of rotatable bonds is 6. The average molecular weight is 357 g/mol. The Labute approximate surface area is 128 Å². The predicted octanol–water partition coefficient (Wildman–Crippen LogP) is 3.72. The Morgan fingerprint density at radius 2 is 2.20 bits per heavy atom. The van der Waals surface area contributed by atoms with Gasteiger partial charge in [-0.2, -0.15) is 0 Å². The van der Waals surface area contributed by atoms with Crippen molar-refractivity contribution in [1.29, 1.82) is 0 Å². The van der Waals surface area contributed by atoms with E-state index in [0.717, 1.165) is 14.2 Å². The fraction of sp³-hybridized carbons (Fsp3) is 0.231. The second-order valence-electron chi connectivity index (χ2n) is 4.08. The topological polar surface area (TPSA) is 64.4 Å². The van der Waals surface area contributed by atoms with Gasteiger partial charge in [0, 0.05) is 17.5 Å². The Morgan fingerprint density at radius 1 is 1.40 bits per heavy atom. The SMILES string of the molecule is CNCc1ccc(OCc2ccc(Br)s2)c([N+](=O)[O-])c1. The van der Waals surface area contributed by atoms with Gasteiger partial charge in [-0.25, -0.2) is 0 Å². The highest BCUT2D eigenvalue weighted by Gasteiger charge is 2.16. The minimum atomic E-state index is -0.418. The maximum atomic E-state index is 11.1. The smallest absolute Gasteiger partial charge is 0.311 e. The molecule has 2 aromatic rings. The molecule has 0 bridgehead atoms. The van der Waals surface area contributed by atoms with Crippen LogP contribution in [0.4, 0.5) is 5.69 Å². The summed E-state index contributed by atoms with van der Waals surface area (Å²) in [5.41, 5.74) is 0.846. The van der Waals surface area contributed by atoms with E-state index in [1.54, 1.807) is 24.5 Å². The van der Waals surface area contributed by atoms with Crippen LogP contribution in [0.5, 0.6) is 5.75 Å². The molecule has 0 aliphatic carbocycles. The normalized spacial score (nSPS) is 10.5. The highest BCUT2D eigenvalue weighted by Crippen LogP contribution is 2.30. The van der Waals surface area contributed by atoms with Gasteiger partial charge in [0.2, 0.25) is 0 Å². The van der Waals surface area contributed by atoms with Crippen LogP contribution in [0.1, 0.15) is 10.4 Å². The molecule has 20 heavy (non-hydrogen) atoms. The van der Waals surface area contributed by atoms with Crippen LogP contribution >= 0.6 is 27.3 Å². The van der Waals surface area contributed by atoms with Gasteiger partial charge in [-0.05, 0) is 46.7 Å². The maximum absolute atomic E-state index is 11.1. The number of hydrogen-bond donors (Lipinski definition) is 1. The van der Waals surface area contributed by atoms with Crippen molar-refractivity contribution < 1.29 is 9.66 Å². The molecule has 0 radical (unpaired) electrons. The summed E-state index contributed by atoms with van der Waals surface area (Å²) in [7, 11) is 1.80. The van der Waals surface area contributed by atoms with E-state index in [0.29, 0.717) is 18.9 Å². The molecule has 1 heterocycles. The first-order chi connectivity index (χ1) is 9.60. The number of nitrogens with zero attached hydrogens (tertiary/aromatic N) is 1. The number of benzene rings is 1. The lowest BCUT2D eigenvalue weighted by Crippen LogP contribution is -2.06. The summed E-state index contributed by atoms with van der Waals surface area (Å²) in [4.78, 5) is 11.7. The number of ether oxygens (including phenoxy) is 1. The predicted molar refractivity (Wildman–Crippen MR) is 82.2 cm³/mol. The standard InChI is InChI=1S/C13H13BrN2O3S/c1-15-7-9-2-4-12(11(6-9)16(17)18)19-8-10-3-5-13(14)20-10/h2-6,15H,7-8H2,1H3. The van der Waals surface area contributed by atoms with Crippen molar-refractivity contribution in [2.75, 3.05) is 7.05 Å². The lowest BCUT2D eigenvalue weighted by molar-refractivity contribution is -0.386. The van der Waals surface area contributed by atoms with Crippen LogP contribution in [-0.4, -0.2) is 12.0 Å². The minimum absolute atomic E-state index is 0.00614. The summed E-state index contributed by atoms with van der Waals surface area (Å²) >= 11 is 4.91. The minimum Gasteiger partial charge on any atom is -0.481 e. The third kappa shape index (κ3) is 3.78. The quantitative estimate of drug-likeness (QED) is 0.632. The third-order valence-corrected chi connectivity index (χ3v) is 4.20. The van der Waals surface area contributed by atoms with Gasteiger partial charge in [-0.1, -0.05) is 6.07 Å². The molecule has 1 N–H and O–H groups in total. The van der Waals surface area contributed by atoms with Gasteiger partial charge in [0.1, 0.15) is 6.61 Å². The van der Waals surface area contributed by atoms with Gasteiger partial charge in [0.15, 0.2) is 5.75 Å². The third-order valence-electron chi connectivity index (χ3n) is 2.60. The Morgan fingerprint density at radius 3 is 2.80 bits per heavy atom. The molecule has 0 spiro atoms. The molecule has 0 unspecified atom stereocenters. The van der Waals surface area contributed by atoms with E-state index in [-0.39, 0.29) is 5.69 Å². The monoisotopic (exact) mass is 356 g/mol. The first-order valence-electron chi connectivity index (χ1n) is 5.89. The summed E-state index contributed by atoms with van der Waals surface area (Å²) < 4.78 is 6.57. The van der Waals surface area contributed by atoms with Gasteiger partial charge in [-0.3, -0.25) is 10.1 Å². The van der Waals surface area contributed by atoms with Gasteiger partial charge in [0.25, 0.3) is 0 Å². The van der Waals surface area contributed by atoms with Gasteiger partial charge in [0.05, 0.1) is 8.71 Å². The van der Waals surface area contributed by atoms with Gasteiger partial charge in [-0.15, -0.1) is 11.3 Å². The van der Waals surface area contributed by atoms with Crippen molar-refractivity contribution in [3.63, 3.8) is 0 Å². The van der Waals surface area contributed by atoms with E-state index in [1.165, 1.54) is 6.07 Å². The summed E-state index contributed by atoms with van der Waals surface area (Å²) in [5, 5.41) is 14.1. The summed E-state index contributed by atoms with van der Waals surface area (Å²) in [6, 6.07) is 8.86. The van der Waals surface area contributed by atoms with Crippen LogP contribution in [0.25, 0.3) is 0 Å². The molecule has 0 aliphatic heterocycles. The molecule has 106 valence electrons. The Hall–Kier alpha value is -1.44. The highest BCUT2D eigenvalue weighted by atomic mass is 79.9. The van der Waals surface area contributed by atoms with Crippen molar-refractivity contribution in [2.24, 2.45) is 0 Å². The Kier molecular flexibility index (Phi) is 5.11. The van der Waals surface area contributed by atoms with E-state index >= 15 is 0 Å². The number of hydrogen-bond acceptors (Lipinski definition) is 5. The molecule has 0 saturated carbocycles. The van der Waals surface area contributed by atoms with E-state index in [4.69, 9.17) is 4.74 Å². The van der Waals surface area contributed by atoms with Crippen LogP contribution in [0, 0.1) is 10.1 Å². The molecule has 0 aliphatic rings. The molecule has 1 aromatic heterocycles. The van der Waals surface area contributed by atoms with Crippen LogP contribution in [0.2, 0.25) is 0 Å². The van der Waals surface area contributed by atoms with Crippen molar-refractivity contribution in [3.8, 4) is 5.75 Å². The zero-order chi connectivity index (χ0) is 14.5. The fourth-order valence-electron chi connectivity index (χ4n) is 1.72.